The largest absolute Gasteiger partial charge is 0.748 e. The van der Waals surface area contributed by atoms with Crippen LogP contribution in [0.1, 0.15) is 20.8 Å². The first kappa shape index (κ1) is 10.6. The Labute approximate surface area is 66.4 Å². The Hall–Kier alpha value is -0.420. The van der Waals surface area contributed by atoms with E-state index in [4.69, 9.17) is 0 Å². The smallest absolute Gasteiger partial charge is 0.152 e. The van der Waals surface area contributed by atoms with E-state index >= 15 is 0 Å². The molecule has 0 radical (unpaired) electrons. The highest BCUT2D eigenvalue weighted by Gasteiger charge is 2.22. The van der Waals surface area contributed by atoms with Crippen molar-refractivity contribution in [2.45, 2.75) is 20.8 Å². The maximum atomic E-state index is 10.9. The molecule has 5 heteroatoms. The van der Waals surface area contributed by atoms with Crippen molar-refractivity contribution in [3.63, 3.8) is 0 Å². The lowest BCUT2D eigenvalue weighted by Gasteiger charge is -2.17. The lowest BCUT2D eigenvalue weighted by atomic mass is 9.92. The molecule has 0 bridgehead atoms. The fraction of sp³-hybridized carbons (Fsp3) is 0.833. The average molecular weight is 179 g/mol. The summed E-state index contributed by atoms with van der Waals surface area (Å²) in [7, 11) is -4.41. The number of rotatable bonds is 2. The fourth-order valence-corrected chi connectivity index (χ4v) is 1.13. The summed E-state index contributed by atoms with van der Waals surface area (Å²) in [5, 5.41) is 0. The minimum absolute atomic E-state index is 0.549. The van der Waals surface area contributed by atoms with Gasteiger partial charge >= 0.3 is 0 Å². The monoisotopic (exact) mass is 179 g/mol. The molecule has 0 unspecified atom stereocenters. The predicted octanol–water partition coefficient (Wildman–Crippen LogP) is 0.147. The molecule has 0 aliphatic heterocycles. The van der Waals surface area contributed by atoms with E-state index in [1.54, 1.807) is 20.8 Å². The van der Waals surface area contributed by atoms with Crippen LogP contribution in [0.5, 0.6) is 0 Å². The summed E-state index contributed by atoms with van der Waals surface area (Å²) in [5.41, 5.74) is -0.752. The van der Waals surface area contributed by atoms with E-state index in [2.05, 4.69) is 0 Å². The summed E-state index contributed by atoms with van der Waals surface area (Å²) < 4.78 is 30.3. The van der Waals surface area contributed by atoms with Gasteiger partial charge in [-0.2, -0.15) is 0 Å². The highest BCUT2D eigenvalue weighted by molar-refractivity contribution is 7.86. The van der Waals surface area contributed by atoms with Gasteiger partial charge in [-0.05, 0) is 0 Å². The summed E-state index contributed by atoms with van der Waals surface area (Å²) in [4.78, 5) is 10.9. The first-order valence-electron chi connectivity index (χ1n) is 3.10. The topological polar surface area (TPSA) is 74.3 Å². The number of Topliss-reactive ketones (excluding diaryl/α,β-unsaturated/α-hetero) is 1. The van der Waals surface area contributed by atoms with Crippen LogP contribution in [0.4, 0.5) is 0 Å². The van der Waals surface area contributed by atoms with Crippen molar-refractivity contribution in [3.05, 3.63) is 0 Å². The molecule has 0 aliphatic carbocycles. The molecular formula is C6H11O4S-. The van der Waals surface area contributed by atoms with Crippen LogP contribution < -0.4 is 0 Å². The highest BCUT2D eigenvalue weighted by Crippen LogP contribution is 2.14. The Bertz CT molecular complexity index is 244. The summed E-state index contributed by atoms with van der Waals surface area (Å²) in [6.45, 7) is 4.71. The molecule has 0 fully saturated rings. The minimum atomic E-state index is -4.41. The van der Waals surface area contributed by atoms with Crippen molar-refractivity contribution in [1.82, 2.24) is 0 Å². The van der Waals surface area contributed by atoms with E-state index in [0.29, 0.717) is 0 Å². The van der Waals surface area contributed by atoms with Gasteiger partial charge in [0.2, 0.25) is 0 Å². The molecule has 0 saturated carbocycles. The van der Waals surface area contributed by atoms with Crippen molar-refractivity contribution >= 4 is 15.9 Å². The molecule has 0 heterocycles. The first-order valence-corrected chi connectivity index (χ1v) is 4.67. The standard InChI is InChI=1S/C6H12O4S/c1-6(2,3)5(7)4-11(8,9)10/h4H2,1-3H3,(H,8,9,10)/p-1. The van der Waals surface area contributed by atoms with Crippen molar-refractivity contribution < 1.29 is 17.8 Å². The average Bonchev–Trinajstić information content (AvgIpc) is 1.56. The van der Waals surface area contributed by atoms with Crippen LogP contribution in [0.15, 0.2) is 0 Å². The van der Waals surface area contributed by atoms with Crippen molar-refractivity contribution in [1.29, 1.82) is 0 Å². The summed E-state index contributed by atoms with van der Waals surface area (Å²) in [6, 6.07) is 0. The third-order valence-electron chi connectivity index (χ3n) is 1.14. The third kappa shape index (κ3) is 4.92. The van der Waals surface area contributed by atoms with Gasteiger partial charge in [0.1, 0.15) is 10.1 Å². The second-order valence-electron chi connectivity index (χ2n) is 3.38. The van der Waals surface area contributed by atoms with Crippen LogP contribution in [-0.4, -0.2) is 24.5 Å². The summed E-state index contributed by atoms with van der Waals surface area (Å²) >= 11 is 0. The Morgan fingerprint density at radius 2 is 1.73 bits per heavy atom. The summed E-state index contributed by atoms with van der Waals surface area (Å²) in [6.07, 6.45) is 0. The Morgan fingerprint density at radius 1 is 1.36 bits per heavy atom. The maximum absolute atomic E-state index is 10.9. The van der Waals surface area contributed by atoms with Crippen LogP contribution in [0, 0.1) is 5.41 Å². The molecule has 0 rings (SSSR count). The van der Waals surface area contributed by atoms with E-state index in [9.17, 15) is 17.8 Å². The Balaban J connectivity index is 4.35. The molecule has 66 valence electrons. The van der Waals surface area contributed by atoms with Gasteiger partial charge in [-0.1, -0.05) is 20.8 Å². The van der Waals surface area contributed by atoms with Crippen LogP contribution in [0.3, 0.4) is 0 Å². The lowest BCUT2D eigenvalue weighted by molar-refractivity contribution is -0.123. The van der Waals surface area contributed by atoms with E-state index in [-0.39, 0.29) is 0 Å². The van der Waals surface area contributed by atoms with Gasteiger partial charge in [-0.3, -0.25) is 4.79 Å². The predicted molar refractivity (Wildman–Crippen MR) is 39.0 cm³/mol. The Kier molecular flexibility index (Phi) is 2.79. The molecule has 0 amide bonds. The van der Waals surface area contributed by atoms with E-state index in [1.807, 2.05) is 0 Å². The van der Waals surface area contributed by atoms with Crippen molar-refractivity contribution in [3.8, 4) is 0 Å². The highest BCUT2D eigenvalue weighted by atomic mass is 32.2. The lowest BCUT2D eigenvalue weighted by Crippen LogP contribution is -2.27. The van der Waals surface area contributed by atoms with Gasteiger partial charge in [-0.25, -0.2) is 8.42 Å². The normalized spacial score (nSPS) is 13.1. The second-order valence-corrected chi connectivity index (χ2v) is 4.78. The van der Waals surface area contributed by atoms with Gasteiger partial charge in [0.05, 0.1) is 5.75 Å². The van der Waals surface area contributed by atoms with Gasteiger partial charge in [0.25, 0.3) is 0 Å². The minimum Gasteiger partial charge on any atom is -0.748 e. The fourth-order valence-electron chi connectivity index (χ4n) is 0.377. The zero-order valence-electron chi connectivity index (χ0n) is 6.75. The number of hydrogen-bond donors (Lipinski definition) is 0. The van der Waals surface area contributed by atoms with Crippen LogP contribution >= 0.6 is 0 Å². The van der Waals surface area contributed by atoms with Crippen LogP contribution in [0.2, 0.25) is 0 Å². The van der Waals surface area contributed by atoms with Gasteiger partial charge in [0.15, 0.2) is 5.78 Å². The quantitative estimate of drug-likeness (QED) is 0.565. The maximum Gasteiger partial charge on any atom is 0.152 e. The van der Waals surface area contributed by atoms with Gasteiger partial charge in [0, 0.05) is 5.41 Å². The molecule has 0 aliphatic rings. The zero-order valence-corrected chi connectivity index (χ0v) is 7.56. The molecule has 0 N–H and O–H groups in total. The van der Waals surface area contributed by atoms with E-state index in [1.165, 1.54) is 0 Å². The second kappa shape index (κ2) is 2.91. The molecule has 0 aromatic heterocycles. The third-order valence-corrected chi connectivity index (χ3v) is 1.76. The van der Waals surface area contributed by atoms with Crippen molar-refractivity contribution in [2.24, 2.45) is 5.41 Å². The number of carbonyl (C=O) groups is 1. The Morgan fingerprint density at radius 3 is 1.82 bits per heavy atom. The first-order chi connectivity index (χ1) is 4.63. The zero-order chi connectivity index (χ0) is 9.28. The molecule has 4 nitrogen and oxygen atoms in total. The van der Waals surface area contributed by atoms with Crippen LogP contribution in [-0.2, 0) is 14.9 Å². The molecule has 11 heavy (non-hydrogen) atoms. The molecular weight excluding hydrogens is 168 g/mol. The van der Waals surface area contributed by atoms with Crippen LogP contribution in [0.25, 0.3) is 0 Å². The molecule has 0 saturated heterocycles. The van der Waals surface area contributed by atoms with E-state index < -0.39 is 27.1 Å². The molecule has 0 spiro atoms. The molecule has 0 aromatic rings. The van der Waals surface area contributed by atoms with Gasteiger partial charge in [-0.15, -0.1) is 0 Å². The summed E-state index contributed by atoms with van der Waals surface area (Å²) in [5.74, 6) is -1.45. The molecule has 0 aromatic carbocycles. The SMILES string of the molecule is CC(C)(C)C(=O)CS(=O)(=O)[O-]. The number of hydrogen-bond acceptors (Lipinski definition) is 4. The number of ketones is 1. The molecule has 0 atom stereocenters. The van der Waals surface area contributed by atoms with E-state index in [0.717, 1.165) is 0 Å². The van der Waals surface area contributed by atoms with Gasteiger partial charge < -0.3 is 4.55 Å². The van der Waals surface area contributed by atoms with Crippen molar-refractivity contribution in [2.75, 3.05) is 5.75 Å². The number of carbonyl (C=O) groups excluding carboxylic acids is 1.